The molecule has 40 heavy (non-hydrogen) atoms. The highest BCUT2D eigenvalue weighted by molar-refractivity contribution is 7.90. The van der Waals surface area contributed by atoms with Crippen molar-refractivity contribution in [1.29, 1.82) is 0 Å². The zero-order chi connectivity index (χ0) is 28.3. The van der Waals surface area contributed by atoms with Gasteiger partial charge in [0.1, 0.15) is 23.3 Å². The van der Waals surface area contributed by atoms with Gasteiger partial charge in [-0.05, 0) is 48.2 Å². The summed E-state index contributed by atoms with van der Waals surface area (Å²) in [4.78, 5) is 42.0. The number of amides is 3. The van der Waals surface area contributed by atoms with Gasteiger partial charge in [0.25, 0.3) is 15.9 Å². The van der Waals surface area contributed by atoms with Gasteiger partial charge in [-0.1, -0.05) is 73.9 Å². The van der Waals surface area contributed by atoms with Crippen LogP contribution >= 0.6 is 0 Å². The first-order valence-corrected chi connectivity index (χ1v) is 14.7. The number of benzene rings is 3. The van der Waals surface area contributed by atoms with Gasteiger partial charge in [0.2, 0.25) is 11.8 Å². The summed E-state index contributed by atoms with van der Waals surface area (Å²) in [5.41, 5.74) is 1.07. The summed E-state index contributed by atoms with van der Waals surface area (Å²) < 4.78 is 40.8. The highest BCUT2D eigenvalue weighted by Crippen LogP contribution is 2.31. The summed E-state index contributed by atoms with van der Waals surface area (Å²) in [6.07, 6.45) is 4.68. The van der Waals surface area contributed by atoms with E-state index in [9.17, 15) is 27.2 Å². The number of carbonyl (C=O) groups excluding carboxylic acids is 3. The molecule has 1 saturated carbocycles. The van der Waals surface area contributed by atoms with Gasteiger partial charge in [0.15, 0.2) is 0 Å². The quantitative estimate of drug-likeness (QED) is 0.443. The Morgan fingerprint density at radius 1 is 0.925 bits per heavy atom. The standard InChI is InChI=1S/C30H30FN3O5S/c31-23-17-15-22(16-18-23)28(29(36)32-24-11-5-2-6-12-24)33(19-21-9-3-1-4-10-21)27(35)20-34-30(37)25-13-7-8-14-26(25)40(34,38)39/h1,3-4,7-10,13-18,24,28H,2,5-6,11-12,19-20H2,(H,32,36)/t28-/m1/s1. The smallest absolute Gasteiger partial charge is 0.269 e. The molecule has 0 spiro atoms. The molecule has 5 rings (SSSR count). The van der Waals surface area contributed by atoms with Crippen molar-refractivity contribution in [2.75, 3.05) is 6.54 Å². The molecule has 2 aliphatic rings. The van der Waals surface area contributed by atoms with Crippen LogP contribution in [0.15, 0.2) is 83.8 Å². The zero-order valence-corrected chi connectivity index (χ0v) is 22.6. The van der Waals surface area contributed by atoms with E-state index in [1.807, 2.05) is 6.07 Å². The van der Waals surface area contributed by atoms with Crippen LogP contribution in [-0.2, 0) is 26.2 Å². The summed E-state index contributed by atoms with van der Waals surface area (Å²) in [6.45, 7) is -0.814. The lowest BCUT2D eigenvalue weighted by Gasteiger charge is -2.34. The number of sulfonamides is 1. The lowest BCUT2D eigenvalue weighted by atomic mass is 9.94. The van der Waals surface area contributed by atoms with E-state index in [4.69, 9.17) is 0 Å². The lowest BCUT2D eigenvalue weighted by Crippen LogP contribution is -2.49. The third-order valence-electron chi connectivity index (χ3n) is 7.40. The van der Waals surface area contributed by atoms with Crippen molar-refractivity contribution in [2.45, 2.75) is 55.6 Å². The fourth-order valence-electron chi connectivity index (χ4n) is 5.35. The minimum atomic E-state index is -4.25. The molecule has 1 atom stereocenters. The average molecular weight is 564 g/mol. The largest absolute Gasteiger partial charge is 0.351 e. The highest BCUT2D eigenvalue weighted by atomic mass is 32.2. The van der Waals surface area contributed by atoms with E-state index in [1.165, 1.54) is 47.4 Å². The molecule has 0 bridgehead atoms. The topological polar surface area (TPSA) is 104 Å². The maximum absolute atomic E-state index is 14.0. The highest BCUT2D eigenvalue weighted by Gasteiger charge is 2.43. The van der Waals surface area contributed by atoms with E-state index >= 15 is 0 Å². The number of rotatable bonds is 8. The van der Waals surface area contributed by atoms with E-state index in [2.05, 4.69) is 5.32 Å². The van der Waals surface area contributed by atoms with Crippen LogP contribution in [0.4, 0.5) is 4.39 Å². The monoisotopic (exact) mass is 563 g/mol. The Labute approximate surface area is 232 Å². The van der Waals surface area contributed by atoms with Gasteiger partial charge < -0.3 is 10.2 Å². The molecule has 0 unspecified atom stereocenters. The van der Waals surface area contributed by atoms with Crippen molar-refractivity contribution >= 4 is 27.7 Å². The summed E-state index contributed by atoms with van der Waals surface area (Å²) in [5, 5.41) is 3.06. The third kappa shape index (κ3) is 5.62. The molecule has 0 aromatic heterocycles. The molecule has 0 radical (unpaired) electrons. The molecule has 1 fully saturated rings. The molecule has 8 nitrogen and oxygen atoms in total. The number of hydrogen-bond acceptors (Lipinski definition) is 5. The molecule has 3 aromatic carbocycles. The maximum atomic E-state index is 14.0. The normalized spacial score (nSPS) is 17.2. The van der Waals surface area contributed by atoms with E-state index in [0.29, 0.717) is 15.4 Å². The Balaban J connectivity index is 1.51. The van der Waals surface area contributed by atoms with Crippen LogP contribution in [0.3, 0.4) is 0 Å². The summed E-state index contributed by atoms with van der Waals surface area (Å²) in [7, 11) is -4.25. The van der Waals surface area contributed by atoms with Crippen LogP contribution in [0.1, 0.15) is 59.6 Å². The van der Waals surface area contributed by atoms with Crippen molar-refractivity contribution in [3.8, 4) is 0 Å². The second-order valence-corrected chi connectivity index (χ2v) is 11.9. The van der Waals surface area contributed by atoms with Crippen LogP contribution in [0, 0.1) is 5.82 Å². The molecule has 0 saturated heterocycles. The third-order valence-corrected chi connectivity index (χ3v) is 9.19. The first-order valence-electron chi connectivity index (χ1n) is 13.3. The fourth-order valence-corrected chi connectivity index (χ4v) is 6.87. The minimum absolute atomic E-state index is 0.00460. The predicted molar refractivity (Wildman–Crippen MR) is 146 cm³/mol. The number of hydrogen-bond donors (Lipinski definition) is 1. The fraction of sp³-hybridized carbons (Fsp3) is 0.300. The molecule has 3 amide bonds. The van der Waals surface area contributed by atoms with E-state index in [1.54, 1.807) is 30.3 Å². The molecule has 1 N–H and O–H groups in total. The van der Waals surface area contributed by atoms with E-state index < -0.39 is 46.1 Å². The second kappa shape index (κ2) is 11.6. The van der Waals surface area contributed by atoms with Crippen molar-refractivity contribution in [1.82, 2.24) is 14.5 Å². The first kappa shape index (κ1) is 27.5. The van der Waals surface area contributed by atoms with Gasteiger partial charge in [-0.2, -0.15) is 0 Å². The molecule has 1 aliphatic heterocycles. The Morgan fingerprint density at radius 3 is 2.25 bits per heavy atom. The molecule has 1 heterocycles. The average Bonchev–Trinajstić information content (AvgIpc) is 3.15. The van der Waals surface area contributed by atoms with E-state index in [-0.39, 0.29) is 23.0 Å². The van der Waals surface area contributed by atoms with Crippen LogP contribution < -0.4 is 5.32 Å². The molecule has 3 aromatic rings. The SMILES string of the molecule is O=C(NC1CCCCC1)[C@@H](c1ccc(F)cc1)N(Cc1ccccc1)C(=O)CN1C(=O)c2ccccc2S1(=O)=O. The summed E-state index contributed by atoms with van der Waals surface area (Å²) in [5.74, 6) is -2.47. The minimum Gasteiger partial charge on any atom is -0.351 e. The zero-order valence-electron chi connectivity index (χ0n) is 21.8. The molecular formula is C30H30FN3O5S. The van der Waals surface area contributed by atoms with Gasteiger partial charge in [-0.25, -0.2) is 17.1 Å². The van der Waals surface area contributed by atoms with Crippen LogP contribution in [0.5, 0.6) is 0 Å². The number of fused-ring (bicyclic) bond motifs is 1. The Morgan fingerprint density at radius 2 is 1.57 bits per heavy atom. The Hall–Kier alpha value is -4.05. The number of halogens is 1. The van der Waals surface area contributed by atoms with Gasteiger partial charge >= 0.3 is 0 Å². The van der Waals surface area contributed by atoms with Gasteiger partial charge in [-0.3, -0.25) is 14.4 Å². The maximum Gasteiger partial charge on any atom is 0.269 e. The van der Waals surface area contributed by atoms with Crippen molar-refractivity contribution < 1.29 is 27.2 Å². The van der Waals surface area contributed by atoms with Crippen molar-refractivity contribution in [2.24, 2.45) is 0 Å². The molecular weight excluding hydrogens is 533 g/mol. The van der Waals surface area contributed by atoms with Gasteiger partial charge in [0, 0.05) is 12.6 Å². The Kier molecular flexibility index (Phi) is 7.97. The van der Waals surface area contributed by atoms with Gasteiger partial charge in [-0.15, -0.1) is 0 Å². The molecule has 1 aliphatic carbocycles. The van der Waals surface area contributed by atoms with E-state index in [0.717, 1.165) is 32.1 Å². The number of carbonyl (C=O) groups is 3. The number of nitrogens with zero attached hydrogens (tertiary/aromatic N) is 2. The molecule has 208 valence electrons. The van der Waals surface area contributed by atoms with Gasteiger partial charge in [0.05, 0.1) is 5.56 Å². The van der Waals surface area contributed by atoms with Crippen LogP contribution in [-0.4, -0.2) is 47.9 Å². The Bertz CT molecular complexity index is 1510. The summed E-state index contributed by atoms with van der Waals surface area (Å²) >= 11 is 0. The van der Waals surface area contributed by atoms with Crippen LogP contribution in [0.25, 0.3) is 0 Å². The predicted octanol–water partition coefficient (Wildman–Crippen LogP) is 4.19. The number of nitrogens with one attached hydrogen (secondary N) is 1. The molecule has 10 heteroatoms. The van der Waals surface area contributed by atoms with Crippen molar-refractivity contribution in [3.05, 3.63) is 101 Å². The first-order chi connectivity index (χ1) is 19.3. The second-order valence-electron chi connectivity index (χ2n) is 10.1. The lowest BCUT2D eigenvalue weighted by molar-refractivity contribution is -0.141. The van der Waals surface area contributed by atoms with Crippen LogP contribution in [0.2, 0.25) is 0 Å². The van der Waals surface area contributed by atoms with Crippen molar-refractivity contribution in [3.63, 3.8) is 0 Å². The summed E-state index contributed by atoms with van der Waals surface area (Å²) in [6, 6.07) is 18.8.